The lowest BCUT2D eigenvalue weighted by Crippen LogP contribution is -2.40. The van der Waals surface area contributed by atoms with E-state index in [0.717, 1.165) is 31.4 Å². The molecule has 9 nitrogen and oxygen atoms in total. The molecule has 1 fully saturated rings. The second kappa shape index (κ2) is 8.55. The van der Waals surface area contributed by atoms with Gasteiger partial charge in [-0.05, 0) is 25.0 Å². The number of aryl methyl sites for hydroxylation is 1. The van der Waals surface area contributed by atoms with E-state index in [1.807, 2.05) is 18.2 Å². The van der Waals surface area contributed by atoms with Crippen molar-refractivity contribution in [2.45, 2.75) is 55.9 Å². The van der Waals surface area contributed by atoms with Crippen LogP contribution in [0.2, 0.25) is 0 Å². The molecule has 2 amide bonds. The quantitative estimate of drug-likeness (QED) is 0.646. The van der Waals surface area contributed by atoms with Gasteiger partial charge in [0.15, 0.2) is 16.7 Å². The smallest absolute Gasteiger partial charge is 0.251 e. The maximum atomic E-state index is 12.4. The first-order valence-electron chi connectivity index (χ1n) is 10.1. The summed E-state index contributed by atoms with van der Waals surface area (Å²) in [5.74, 6) is 1.17. The first-order valence-corrected chi connectivity index (χ1v) is 11.0. The van der Waals surface area contributed by atoms with E-state index in [1.165, 1.54) is 18.2 Å². The van der Waals surface area contributed by atoms with Crippen LogP contribution in [0.1, 0.15) is 44.3 Å². The molecule has 30 heavy (non-hydrogen) atoms. The molecule has 1 saturated carbocycles. The number of nitrogens with one attached hydrogen (secondary N) is 1. The Morgan fingerprint density at radius 1 is 1.20 bits per heavy atom. The van der Waals surface area contributed by atoms with E-state index in [1.54, 1.807) is 11.6 Å². The minimum atomic E-state index is -0.531. The minimum Gasteiger partial charge on any atom is -0.448 e. The summed E-state index contributed by atoms with van der Waals surface area (Å²) in [5.41, 5.74) is 5.84. The number of aromatic nitrogens is 3. The zero-order chi connectivity index (χ0) is 21.1. The van der Waals surface area contributed by atoms with Crippen molar-refractivity contribution in [3.63, 3.8) is 0 Å². The number of benzene rings is 1. The third-order valence-electron chi connectivity index (χ3n) is 5.29. The molecule has 1 aromatic heterocycles. The van der Waals surface area contributed by atoms with E-state index in [0.29, 0.717) is 28.8 Å². The highest BCUT2D eigenvalue weighted by molar-refractivity contribution is 7.99. The Morgan fingerprint density at radius 3 is 2.73 bits per heavy atom. The van der Waals surface area contributed by atoms with Crippen LogP contribution in [0.3, 0.4) is 0 Å². The maximum absolute atomic E-state index is 12.4. The highest BCUT2D eigenvalue weighted by Gasteiger charge is 2.42. The number of primary amides is 1. The molecule has 0 bridgehead atoms. The van der Waals surface area contributed by atoms with Gasteiger partial charge in [0.2, 0.25) is 11.8 Å². The summed E-state index contributed by atoms with van der Waals surface area (Å²) in [4.78, 5) is 23.3. The van der Waals surface area contributed by atoms with E-state index in [2.05, 4.69) is 15.5 Å². The molecule has 0 unspecified atom stereocenters. The molecule has 4 rings (SSSR count). The topological polar surface area (TPSA) is 121 Å². The highest BCUT2D eigenvalue weighted by atomic mass is 32.2. The van der Waals surface area contributed by atoms with Gasteiger partial charge in [-0.15, -0.1) is 10.2 Å². The monoisotopic (exact) mass is 431 g/mol. The Kier molecular flexibility index (Phi) is 5.85. The number of ether oxygens (including phenoxy) is 2. The van der Waals surface area contributed by atoms with E-state index >= 15 is 0 Å². The summed E-state index contributed by atoms with van der Waals surface area (Å²) in [5, 5.41) is 11.6. The molecule has 1 aliphatic carbocycles. The Bertz CT molecular complexity index is 955. The van der Waals surface area contributed by atoms with Gasteiger partial charge >= 0.3 is 0 Å². The van der Waals surface area contributed by atoms with E-state index in [-0.39, 0.29) is 24.0 Å². The van der Waals surface area contributed by atoms with Crippen molar-refractivity contribution in [3.05, 3.63) is 24.0 Å². The van der Waals surface area contributed by atoms with Gasteiger partial charge in [0.1, 0.15) is 5.82 Å². The van der Waals surface area contributed by atoms with Crippen molar-refractivity contribution >= 4 is 29.3 Å². The van der Waals surface area contributed by atoms with Crippen molar-refractivity contribution in [2.24, 2.45) is 12.8 Å². The Balaban J connectivity index is 1.31. The van der Waals surface area contributed by atoms with Gasteiger partial charge in [-0.2, -0.15) is 0 Å². The summed E-state index contributed by atoms with van der Waals surface area (Å²) in [6.45, 7) is 0. The number of carbonyl (C=O) groups is 2. The lowest BCUT2D eigenvalue weighted by Gasteiger charge is -2.31. The molecular weight excluding hydrogens is 406 g/mol. The lowest BCUT2D eigenvalue weighted by molar-refractivity contribution is -0.118. The molecule has 2 aliphatic rings. The van der Waals surface area contributed by atoms with Gasteiger partial charge in [-0.3, -0.25) is 9.59 Å². The second-order valence-corrected chi connectivity index (χ2v) is 8.54. The number of anilines is 1. The van der Waals surface area contributed by atoms with Crippen LogP contribution in [-0.2, 0) is 23.1 Å². The second-order valence-electron chi connectivity index (χ2n) is 7.60. The average molecular weight is 432 g/mol. The molecule has 2 heterocycles. The van der Waals surface area contributed by atoms with Gasteiger partial charge in [-0.25, -0.2) is 0 Å². The van der Waals surface area contributed by atoms with Gasteiger partial charge in [0, 0.05) is 44.5 Å². The highest BCUT2D eigenvalue weighted by Crippen LogP contribution is 2.46. The Morgan fingerprint density at radius 2 is 1.97 bits per heavy atom. The molecule has 160 valence electrons. The maximum Gasteiger partial charge on any atom is 0.251 e. The molecule has 0 saturated heterocycles. The van der Waals surface area contributed by atoms with Crippen LogP contribution in [0.5, 0.6) is 11.5 Å². The van der Waals surface area contributed by atoms with Crippen molar-refractivity contribution in [3.8, 4) is 11.5 Å². The Labute approximate surface area is 178 Å². The summed E-state index contributed by atoms with van der Waals surface area (Å²) in [6, 6.07) is 5.47. The van der Waals surface area contributed by atoms with Gasteiger partial charge in [0.05, 0.1) is 5.75 Å². The van der Waals surface area contributed by atoms with Crippen molar-refractivity contribution in [1.29, 1.82) is 0 Å². The molecule has 0 radical (unpaired) electrons. The largest absolute Gasteiger partial charge is 0.448 e. The summed E-state index contributed by atoms with van der Waals surface area (Å²) in [6.07, 6.45) is 5.81. The average Bonchev–Trinajstić information content (AvgIpc) is 3.24. The molecule has 1 spiro atoms. The van der Waals surface area contributed by atoms with E-state index < -0.39 is 5.79 Å². The first-order chi connectivity index (χ1) is 14.4. The predicted molar refractivity (Wildman–Crippen MR) is 111 cm³/mol. The van der Waals surface area contributed by atoms with Crippen LogP contribution in [0.25, 0.3) is 0 Å². The van der Waals surface area contributed by atoms with Crippen molar-refractivity contribution < 1.29 is 19.1 Å². The number of hydrogen-bond donors (Lipinski definition) is 2. The fourth-order valence-corrected chi connectivity index (χ4v) is 4.45. The van der Waals surface area contributed by atoms with Gasteiger partial charge in [-0.1, -0.05) is 18.2 Å². The zero-order valence-electron chi connectivity index (χ0n) is 16.8. The summed E-state index contributed by atoms with van der Waals surface area (Å²) >= 11 is 1.28. The normalized spacial score (nSPS) is 16.6. The number of rotatable bonds is 7. The van der Waals surface area contributed by atoms with E-state index in [4.69, 9.17) is 15.2 Å². The van der Waals surface area contributed by atoms with Crippen LogP contribution in [0, 0.1) is 0 Å². The number of thioether (sulfide) groups is 1. The number of carbonyl (C=O) groups excluding carboxylic acids is 2. The van der Waals surface area contributed by atoms with Crippen LogP contribution < -0.4 is 20.5 Å². The van der Waals surface area contributed by atoms with Gasteiger partial charge in [0.25, 0.3) is 5.79 Å². The molecule has 10 heteroatoms. The first kappa shape index (κ1) is 20.5. The molecule has 1 aliphatic heterocycles. The molecule has 1 aromatic carbocycles. The molecule has 2 aromatic rings. The fraction of sp³-hybridized carbons (Fsp3) is 0.500. The third kappa shape index (κ3) is 4.53. The SMILES string of the molecule is Cn1c(CCC(N)=O)nnc1SCC(=O)Nc1ccc2c(c1)OC1(CCCCC1)O2. The predicted octanol–water partition coefficient (Wildman–Crippen LogP) is 2.40. The summed E-state index contributed by atoms with van der Waals surface area (Å²) in [7, 11) is 1.80. The van der Waals surface area contributed by atoms with Crippen LogP contribution >= 0.6 is 11.8 Å². The number of amides is 2. The number of fused-ring (bicyclic) bond motifs is 1. The van der Waals surface area contributed by atoms with Crippen molar-refractivity contribution in [1.82, 2.24) is 14.8 Å². The number of nitrogens with zero attached hydrogens (tertiary/aromatic N) is 3. The number of nitrogens with two attached hydrogens (primary N) is 1. The third-order valence-corrected chi connectivity index (χ3v) is 6.31. The standard InChI is InChI=1S/C20H25N5O4S/c1-25-17(8-7-16(21)26)23-24-19(25)30-12-18(27)22-13-5-6-14-15(11-13)29-20(28-14)9-3-2-4-10-20/h5-6,11H,2-4,7-10,12H2,1H3,(H2,21,26)(H,22,27). The summed E-state index contributed by atoms with van der Waals surface area (Å²) < 4.78 is 13.9. The molecular formula is C20H25N5O4S. The van der Waals surface area contributed by atoms with E-state index in [9.17, 15) is 9.59 Å². The van der Waals surface area contributed by atoms with Gasteiger partial charge < -0.3 is 25.1 Å². The Hall–Kier alpha value is -2.75. The van der Waals surface area contributed by atoms with Crippen LogP contribution in [0.15, 0.2) is 23.4 Å². The number of hydrogen-bond acceptors (Lipinski definition) is 7. The van der Waals surface area contributed by atoms with Crippen molar-refractivity contribution in [2.75, 3.05) is 11.1 Å². The minimum absolute atomic E-state index is 0.159. The lowest BCUT2D eigenvalue weighted by atomic mass is 9.94. The molecule has 3 N–H and O–H groups in total. The fourth-order valence-electron chi connectivity index (χ4n) is 3.72. The van der Waals surface area contributed by atoms with Crippen LogP contribution in [0.4, 0.5) is 5.69 Å². The zero-order valence-corrected chi connectivity index (χ0v) is 17.7. The molecule has 0 atom stereocenters. The van der Waals surface area contributed by atoms with Crippen LogP contribution in [-0.4, -0.2) is 38.1 Å².